The van der Waals surface area contributed by atoms with E-state index in [1.807, 2.05) is 68.5 Å². The largest absolute Gasteiger partial charge is 0.497 e. The Labute approximate surface area is 246 Å². The fourth-order valence-electron chi connectivity index (χ4n) is 7.26. The highest BCUT2D eigenvalue weighted by Crippen LogP contribution is 2.58. The summed E-state index contributed by atoms with van der Waals surface area (Å²) in [7, 11) is 1.58. The van der Waals surface area contributed by atoms with Crippen molar-refractivity contribution in [2.24, 2.45) is 11.8 Å². The van der Waals surface area contributed by atoms with Crippen LogP contribution in [0.2, 0.25) is 0 Å². The highest BCUT2D eigenvalue weighted by atomic mass is 16.5. The van der Waals surface area contributed by atoms with Gasteiger partial charge in [0, 0.05) is 25.3 Å². The Bertz CT molecular complexity index is 1420. The Morgan fingerprint density at radius 1 is 0.952 bits per heavy atom. The van der Waals surface area contributed by atoms with E-state index in [-0.39, 0.29) is 30.9 Å². The van der Waals surface area contributed by atoms with Crippen molar-refractivity contribution in [1.29, 1.82) is 0 Å². The maximum Gasteiger partial charge on any atom is 0.253 e. The molecule has 4 heterocycles. The Morgan fingerprint density at radius 3 is 2.33 bits per heavy atom. The van der Waals surface area contributed by atoms with Crippen LogP contribution in [-0.4, -0.2) is 82.7 Å². The van der Waals surface area contributed by atoms with Crippen LogP contribution in [0.3, 0.4) is 0 Å². The molecule has 1 unspecified atom stereocenters. The molecular weight excluding hydrogens is 534 g/mol. The molecule has 0 bridgehead atoms. The first-order valence-corrected chi connectivity index (χ1v) is 14.5. The number of amides is 3. The van der Waals surface area contributed by atoms with E-state index in [1.54, 1.807) is 41.2 Å². The highest BCUT2D eigenvalue weighted by molar-refractivity contribution is 6.06. The van der Waals surface area contributed by atoms with Crippen molar-refractivity contribution in [3.05, 3.63) is 84.5 Å². The smallest absolute Gasteiger partial charge is 0.253 e. The van der Waals surface area contributed by atoms with Crippen LogP contribution >= 0.6 is 0 Å². The second-order valence-electron chi connectivity index (χ2n) is 11.6. The number of fused-ring (bicyclic) bond motifs is 2. The van der Waals surface area contributed by atoms with Gasteiger partial charge in [-0.2, -0.15) is 0 Å². The monoisotopic (exact) mass is 571 g/mol. The van der Waals surface area contributed by atoms with E-state index in [1.165, 1.54) is 4.90 Å². The van der Waals surface area contributed by atoms with Gasteiger partial charge in [-0.15, -0.1) is 0 Å². The number of aliphatic hydroxyl groups is 1. The summed E-state index contributed by atoms with van der Waals surface area (Å²) >= 11 is 0. The number of hydrogen-bond donors (Lipinski definition) is 1. The molecular formula is C33H37N3O6. The molecule has 2 aromatic rings. The van der Waals surface area contributed by atoms with Crippen molar-refractivity contribution in [2.75, 3.05) is 31.7 Å². The Kier molecular flexibility index (Phi) is 7.19. The predicted octanol–water partition coefficient (Wildman–Crippen LogP) is 2.94. The van der Waals surface area contributed by atoms with Gasteiger partial charge in [0.05, 0.1) is 37.2 Å². The van der Waals surface area contributed by atoms with Crippen molar-refractivity contribution in [2.45, 2.75) is 50.1 Å². The lowest BCUT2D eigenvalue weighted by molar-refractivity contribution is -0.151. The van der Waals surface area contributed by atoms with Crippen molar-refractivity contribution in [1.82, 2.24) is 9.80 Å². The lowest BCUT2D eigenvalue weighted by Gasteiger charge is -2.40. The Morgan fingerprint density at radius 2 is 1.67 bits per heavy atom. The topological polar surface area (TPSA) is 99.6 Å². The number of ether oxygens (including phenoxy) is 2. The van der Waals surface area contributed by atoms with Gasteiger partial charge in [0.1, 0.15) is 17.4 Å². The summed E-state index contributed by atoms with van der Waals surface area (Å²) in [6.45, 7) is 4.46. The predicted molar refractivity (Wildman–Crippen MR) is 156 cm³/mol. The van der Waals surface area contributed by atoms with Crippen LogP contribution in [0.1, 0.15) is 25.8 Å². The van der Waals surface area contributed by atoms with Crippen LogP contribution in [0.25, 0.3) is 0 Å². The molecule has 9 heteroatoms. The number of aliphatic hydroxyl groups excluding tert-OH is 1. The number of methoxy groups -OCH3 is 1. The third-order valence-corrected chi connectivity index (χ3v) is 9.25. The van der Waals surface area contributed by atoms with Gasteiger partial charge in [-0.3, -0.25) is 14.4 Å². The summed E-state index contributed by atoms with van der Waals surface area (Å²) in [6.07, 6.45) is 7.93. The van der Waals surface area contributed by atoms with Gasteiger partial charge < -0.3 is 29.3 Å². The van der Waals surface area contributed by atoms with Crippen LogP contribution in [0.15, 0.2) is 78.9 Å². The number of likely N-dealkylation sites (tertiary alicyclic amines) is 1. The minimum atomic E-state index is -1.38. The standard InChI is InChI=1S/C33H37N3O6/c1-4-23(21-37)36-28-31(40)35(24-12-14-25(41-3)15-13-24)19-9-17-33(28)27(30(36)39)26-29(38)34(18-8-16-32(26,2)42-33)20-22-10-6-5-7-11-22/h5-17,23,26-28,37H,4,18-21H2,1-3H3/t23-,26-,27-,28?,32+,33-/m0/s1. The molecule has 0 aromatic heterocycles. The van der Waals surface area contributed by atoms with Gasteiger partial charge >= 0.3 is 0 Å². The molecule has 2 fully saturated rings. The second-order valence-corrected chi connectivity index (χ2v) is 11.6. The van der Waals surface area contributed by atoms with Gasteiger partial charge in [0.25, 0.3) is 5.91 Å². The van der Waals surface area contributed by atoms with Crippen molar-refractivity contribution in [3.8, 4) is 5.75 Å². The minimum absolute atomic E-state index is 0.184. The van der Waals surface area contributed by atoms with Crippen LogP contribution in [0.5, 0.6) is 5.75 Å². The maximum atomic E-state index is 14.6. The zero-order valence-electron chi connectivity index (χ0n) is 24.2. The molecule has 220 valence electrons. The summed E-state index contributed by atoms with van der Waals surface area (Å²) in [5, 5.41) is 10.4. The lowest BCUT2D eigenvalue weighted by Crippen LogP contribution is -2.58. The van der Waals surface area contributed by atoms with Crippen LogP contribution in [-0.2, 0) is 25.7 Å². The van der Waals surface area contributed by atoms with E-state index >= 15 is 0 Å². The lowest BCUT2D eigenvalue weighted by atomic mass is 9.74. The average molecular weight is 572 g/mol. The van der Waals surface area contributed by atoms with Gasteiger partial charge in [-0.1, -0.05) is 61.6 Å². The number of carbonyl (C=O) groups excluding carboxylic acids is 3. The molecule has 6 atom stereocenters. The molecule has 1 N–H and O–H groups in total. The van der Waals surface area contributed by atoms with E-state index in [0.29, 0.717) is 30.9 Å². The van der Waals surface area contributed by atoms with Crippen LogP contribution in [0.4, 0.5) is 5.69 Å². The van der Waals surface area contributed by atoms with E-state index in [9.17, 15) is 19.5 Å². The fourth-order valence-corrected chi connectivity index (χ4v) is 7.26. The summed E-state index contributed by atoms with van der Waals surface area (Å²) in [5.41, 5.74) is -0.847. The first-order chi connectivity index (χ1) is 20.3. The summed E-state index contributed by atoms with van der Waals surface area (Å²) in [4.78, 5) is 48.4. The van der Waals surface area contributed by atoms with Gasteiger partial charge in [-0.25, -0.2) is 0 Å². The first-order valence-electron chi connectivity index (χ1n) is 14.5. The minimum Gasteiger partial charge on any atom is -0.497 e. The van der Waals surface area contributed by atoms with Crippen molar-refractivity contribution >= 4 is 23.4 Å². The molecule has 2 saturated heterocycles. The van der Waals surface area contributed by atoms with E-state index in [0.717, 1.165) is 5.56 Å². The maximum absolute atomic E-state index is 14.6. The fraction of sp³-hybridized carbons (Fsp3) is 0.424. The van der Waals surface area contributed by atoms with Crippen molar-refractivity contribution in [3.63, 3.8) is 0 Å². The van der Waals surface area contributed by atoms with Gasteiger partial charge in [0.15, 0.2) is 0 Å². The van der Waals surface area contributed by atoms with Crippen molar-refractivity contribution < 1.29 is 29.0 Å². The first kappa shape index (κ1) is 28.2. The average Bonchev–Trinajstić information content (AvgIpc) is 3.27. The normalized spacial score (nSPS) is 31.0. The summed E-state index contributed by atoms with van der Waals surface area (Å²) < 4.78 is 12.2. The highest BCUT2D eigenvalue weighted by Gasteiger charge is 2.75. The second kappa shape index (κ2) is 10.7. The molecule has 6 rings (SSSR count). The van der Waals surface area contributed by atoms with Gasteiger partial charge in [0.2, 0.25) is 11.8 Å². The molecule has 0 radical (unpaired) electrons. The zero-order chi connectivity index (χ0) is 29.6. The van der Waals surface area contributed by atoms with E-state index in [4.69, 9.17) is 9.47 Å². The molecule has 2 aromatic carbocycles. The molecule has 0 saturated carbocycles. The van der Waals surface area contributed by atoms with E-state index in [2.05, 4.69) is 0 Å². The quantitative estimate of drug-likeness (QED) is 0.513. The Balaban J connectivity index is 1.44. The molecule has 3 amide bonds. The molecule has 1 spiro atoms. The SMILES string of the molecule is CC[C@@H](CO)N1C(=O)[C@@H]2[C@H]3C(=O)N(Cc4ccccc4)CC=C[C@@]3(C)O[C@@]23C=CCN(c2ccc(OC)cc2)C(=O)C13. The number of hydrogen-bond acceptors (Lipinski definition) is 6. The molecule has 42 heavy (non-hydrogen) atoms. The van der Waals surface area contributed by atoms with E-state index < -0.39 is 35.1 Å². The third kappa shape index (κ3) is 4.25. The number of benzene rings is 2. The number of carbonyl (C=O) groups is 3. The number of rotatable bonds is 7. The molecule has 4 aliphatic heterocycles. The zero-order valence-corrected chi connectivity index (χ0v) is 24.2. The van der Waals surface area contributed by atoms with Crippen LogP contribution in [0, 0.1) is 11.8 Å². The number of anilines is 1. The molecule has 9 nitrogen and oxygen atoms in total. The van der Waals surface area contributed by atoms with Gasteiger partial charge in [-0.05, 0) is 43.2 Å². The summed E-state index contributed by atoms with van der Waals surface area (Å²) in [5.74, 6) is -1.96. The summed E-state index contributed by atoms with van der Waals surface area (Å²) in [6, 6.07) is 15.3. The molecule has 4 aliphatic rings. The number of nitrogens with zero attached hydrogens (tertiary/aromatic N) is 3. The molecule has 0 aliphatic carbocycles. The van der Waals surface area contributed by atoms with Crippen LogP contribution < -0.4 is 9.64 Å². The third-order valence-electron chi connectivity index (χ3n) is 9.25. The Hall–Kier alpha value is -3.95.